The molecule has 108 valence electrons. The molecule has 2 N–H and O–H groups in total. The molecule has 19 heavy (non-hydrogen) atoms. The number of β-amino-alcohol motifs (C(OH)–C–C–N with tert-alkyl or cyclic N) is 1. The van der Waals surface area contributed by atoms with Crippen LogP contribution in [-0.2, 0) is 4.74 Å². The first-order chi connectivity index (χ1) is 8.96. The van der Waals surface area contributed by atoms with Crippen LogP contribution in [0.15, 0.2) is 18.3 Å². The number of likely N-dealkylation sites (tertiary alicyclic amines) is 1. The Balaban J connectivity index is 1.84. The number of nitrogens with one attached hydrogen (secondary N) is 1. The standard InChI is InChI=1S/C15H26N2O2/c1-15(2,3)19-11-12(18)10-17-9-5-7-14(17)13-6-4-8-16-13/h4,6,8,12,14,16,18H,5,7,9-11H2,1-3H3. The Morgan fingerprint density at radius 2 is 2.32 bits per heavy atom. The molecule has 0 saturated carbocycles. The number of aliphatic hydroxyl groups is 1. The third-order valence-electron chi connectivity index (χ3n) is 3.50. The molecule has 2 rings (SSSR count). The van der Waals surface area contributed by atoms with Crippen LogP contribution < -0.4 is 0 Å². The summed E-state index contributed by atoms with van der Waals surface area (Å²) in [6.45, 7) is 8.17. The monoisotopic (exact) mass is 266 g/mol. The molecule has 4 nitrogen and oxygen atoms in total. The van der Waals surface area contributed by atoms with E-state index in [2.05, 4.69) is 16.0 Å². The van der Waals surface area contributed by atoms with Gasteiger partial charge in [0.1, 0.15) is 0 Å². The smallest absolute Gasteiger partial charge is 0.0900 e. The summed E-state index contributed by atoms with van der Waals surface area (Å²) >= 11 is 0. The topological polar surface area (TPSA) is 48.5 Å². The van der Waals surface area contributed by atoms with Gasteiger partial charge < -0.3 is 14.8 Å². The van der Waals surface area contributed by atoms with Crippen molar-refractivity contribution in [2.45, 2.75) is 51.4 Å². The van der Waals surface area contributed by atoms with E-state index in [9.17, 15) is 5.11 Å². The molecular formula is C15H26N2O2. The molecule has 1 aromatic rings. The Bertz CT molecular complexity index is 370. The minimum absolute atomic E-state index is 0.190. The lowest BCUT2D eigenvalue weighted by Crippen LogP contribution is -2.36. The van der Waals surface area contributed by atoms with Gasteiger partial charge in [-0.1, -0.05) is 0 Å². The highest BCUT2D eigenvalue weighted by Crippen LogP contribution is 2.30. The molecule has 0 aromatic carbocycles. The Morgan fingerprint density at radius 1 is 1.53 bits per heavy atom. The van der Waals surface area contributed by atoms with Crippen molar-refractivity contribution in [2.24, 2.45) is 0 Å². The van der Waals surface area contributed by atoms with Crippen LogP contribution in [0.3, 0.4) is 0 Å². The second kappa shape index (κ2) is 6.07. The zero-order valence-corrected chi connectivity index (χ0v) is 12.2. The predicted octanol–water partition coefficient (Wildman–Crippen LogP) is 2.33. The number of aromatic amines is 1. The van der Waals surface area contributed by atoms with Crippen LogP contribution in [-0.4, -0.2) is 46.4 Å². The maximum atomic E-state index is 10.1. The van der Waals surface area contributed by atoms with Crippen molar-refractivity contribution in [1.29, 1.82) is 0 Å². The van der Waals surface area contributed by atoms with Gasteiger partial charge in [0, 0.05) is 24.5 Å². The average Bonchev–Trinajstić information content (AvgIpc) is 2.94. The largest absolute Gasteiger partial charge is 0.389 e. The summed E-state index contributed by atoms with van der Waals surface area (Å²) in [5.41, 5.74) is 1.06. The van der Waals surface area contributed by atoms with E-state index in [-0.39, 0.29) is 5.60 Å². The summed E-state index contributed by atoms with van der Waals surface area (Å²) in [6, 6.07) is 4.57. The molecule has 1 saturated heterocycles. The summed E-state index contributed by atoms with van der Waals surface area (Å²) in [7, 11) is 0. The summed E-state index contributed by atoms with van der Waals surface area (Å²) in [5.74, 6) is 0. The highest BCUT2D eigenvalue weighted by molar-refractivity contribution is 5.11. The van der Waals surface area contributed by atoms with Crippen molar-refractivity contribution in [3.8, 4) is 0 Å². The molecule has 0 amide bonds. The fourth-order valence-corrected chi connectivity index (χ4v) is 2.62. The average molecular weight is 266 g/mol. The number of aromatic nitrogens is 1. The van der Waals surface area contributed by atoms with Gasteiger partial charge in [-0.05, 0) is 52.3 Å². The Morgan fingerprint density at radius 3 is 2.95 bits per heavy atom. The van der Waals surface area contributed by atoms with Crippen LogP contribution in [0.25, 0.3) is 0 Å². The summed E-state index contributed by atoms with van der Waals surface area (Å²) in [4.78, 5) is 5.63. The van der Waals surface area contributed by atoms with Crippen molar-refractivity contribution in [2.75, 3.05) is 19.7 Å². The van der Waals surface area contributed by atoms with Crippen LogP contribution in [0.4, 0.5) is 0 Å². The molecule has 1 aliphatic rings. The molecule has 2 unspecified atom stereocenters. The van der Waals surface area contributed by atoms with Crippen molar-refractivity contribution in [3.05, 3.63) is 24.0 Å². The van der Waals surface area contributed by atoms with Gasteiger partial charge in [0.25, 0.3) is 0 Å². The number of H-pyrrole nitrogens is 1. The highest BCUT2D eigenvalue weighted by Gasteiger charge is 2.28. The van der Waals surface area contributed by atoms with Crippen molar-refractivity contribution < 1.29 is 9.84 Å². The molecule has 0 radical (unpaired) electrons. The number of hydrogen-bond donors (Lipinski definition) is 2. The Kier molecular flexibility index (Phi) is 4.66. The first-order valence-electron chi connectivity index (χ1n) is 7.15. The van der Waals surface area contributed by atoms with E-state index in [0.29, 0.717) is 19.2 Å². The normalized spacial score (nSPS) is 22.8. The van der Waals surface area contributed by atoms with Crippen molar-refractivity contribution >= 4 is 0 Å². The second-order valence-corrected chi connectivity index (χ2v) is 6.36. The first-order valence-corrected chi connectivity index (χ1v) is 7.15. The van der Waals surface area contributed by atoms with E-state index in [1.165, 1.54) is 12.1 Å². The molecule has 0 aliphatic carbocycles. The molecule has 0 spiro atoms. The highest BCUT2D eigenvalue weighted by atomic mass is 16.5. The maximum absolute atomic E-state index is 10.1. The molecule has 2 atom stereocenters. The third kappa shape index (κ3) is 4.34. The summed E-state index contributed by atoms with van der Waals surface area (Å²) < 4.78 is 5.64. The molecule has 1 aliphatic heterocycles. The lowest BCUT2D eigenvalue weighted by atomic mass is 10.1. The number of ether oxygens (including phenoxy) is 1. The zero-order chi connectivity index (χ0) is 13.9. The van der Waals surface area contributed by atoms with E-state index >= 15 is 0 Å². The molecule has 1 fully saturated rings. The van der Waals surface area contributed by atoms with E-state index in [1.807, 2.05) is 33.0 Å². The van der Waals surface area contributed by atoms with Crippen LogP contribution in [0.1, 0.15) is 45.3 Å². The minimum Gasteiger partial charge on any atom is -0.389 e. The SMILES string of the molecule is CC(C)(C)OCC(O)CN1CCCC1c1ccc[nH]1. The third-order valence-corrected chi connectivity index (χ3v) is 3.50. The van der Waals surface area contributed by atoms with Gasteiger partial charge in [-0.25, -0.2) is 0 Å². The quantitative estimate of drug-likeness (QED) is 0.860. The van der Waals surface area contributed by atoms with E-state index in [0.717, 1.165) is 13.0 Å². The maximum Gasteiger partial charge on any atom is 0.0900 e. The number of aliphatic hydroxyl groups excluding tert-OH is 1. The van der Waals surface area contributed by atoms with Gasteiger partial charge in [-0.15, -0.1) is 0 Å². The lowest BCUT2D eigenvalue weighted by Gasteiger charge is -2.28. The minimum atomic E-state index is -0.421. The fraction of sp³-hybridized carbons (Fsp3) is 0.733. The van der Waals surface area contributed by atoms with E-state index < -0.39 is 6.10 Å². The predicted molar refractivity (Wildman–Crippen MR) is 76.1 cm³/mol. The Hall–Kier alpha value is -0.840. The number of hydrogen-bond acceptors (Lipinski definition) is 3. The van der Waals surface area contributed by atoms with Crippen LogP contribution in [0.2, 0.25) is 0 Å². The first kappa shape index (κ1) is 14.6. The van der Waals surface area contributed by atoms with Crippen LogP contribution in [0, 0.1) is 0 Å². The molecule has 4 heteroatoms. The summed E-state index contributed by atoms with van der Waals surface area (Å²) in [6.07, 6.45) is 3.89. The van der Waals surface area contributed by atoms with E-state index in [1.54, 1.807) is 0 Å². The van der Waals surface area contributed by atoms with Gasteiger partial charge in [0.2, 0.25) is 0 Å². The van der Waals surface area contributed by atoms with Gasteiger partial charge in [-0.2, -0.15) is 0 Å². The van der Waals surface area contributed by atoms with Crippen LogP contribution in [0.5, 0.6) is 0 Å². The van der Waals surface area contributed by atoms with Gasteiger partial charge in [0.15, 0.2) is 0 Å². The van der Waals surface area contributed by atoms with Gasteiger partial charge in [0.05, 0.1) is 18.3 Å². The number of nitrogens with zero attached hydrogens (tertiary/aromatic N) is 1. The molecule has 2 heterocycles. The van der Waals surface area contributed by atoms with Crippen molar-refractivity contribution in [1.82, 2.24) is 9.88 Å². The molecule has 1 aromatic heterocycles. The number of rotatable bonds is 5. The van der Waals surface area contributed by atoms with Gasteiger partial charge in [-0.3, -0.25) is 4.90 Å². The fourth-order valence-electron chi connectivity index (χ4n) is 2.62. The second-order valence-electron chi connectivity index (χ2n) is 6.36. The lowest BCUT2D eigenvalue weighted by molar-refractivity contribution is -0.0570. The summed E-state index contributed by atoms with van der Waals surface area (Å²) in [5, 5.41) is 10.1. The van der Waals surface area contributed by atoms with Gasteiger partial charge >= 0.3 is 0 Å². The van der Waals surface area contributed by atoms with Crippen molar-refractivity contribution in [3.63, 3.8) is 0 Å². The molecule has 0 bridgehead atoms. The zero-order valence-electron chi connectivity index (χ0n) is 12.2. The van der Waals surface area contributed by atoms with E-state index in [4.69, 9.17) is 4.74 Å². The molecular weight excluding hydrogens is 240 g/mol. The Labute approximate surface area is 115 Å². The van der Waals surface area contributed by atoms with Crippen LogP contribution >= 0.6 is 0 Å².